The van der Waals surface area contributed by atoms with Crippen LogP contribution in [0, 0.1) is 5.92 Å². The zero-order chi connectivity index (χ0) is 14.7. The molecule has 19 heavy (non-hydrogen) atoms. The van der Waals surface area contributed by atoms with E-state index in [1.165, 1.54) is 6.42 Å². The molecule has 0 atom stereocenters. The van der Waals surface area contributed by atoms with Crippen LogP contribution in [-0.4, -0.2) is 10.5 Å². The maximum absolute atomic E-state index is 9.99. The molecule has 0 radical (unpaired) electrons. The van der Waals surface area contributed by atoms with Crippen molar-refractivity contribution in [3.8, 4) is 0 Å². The summed E-state index contributed by atoms with van der Waals surface area (Å²) in [7, 11) is 2.02. The number of carbonyl (C=O) groups excluding carboxylic acids is 1. The number of hydrogen-bond donors (Lipinski definition) is 0. The molecule has 0 saturated carbocycles. The Balaban J connectivity index is 0.000000356. The molecule has 4 nitrogen and oxygen atoms in total. The van der Waals surface area contributed by atoms with Gasteiger partial charge in [0.2, 0.25) is 6.33 Å². The van der Waals surface area contributed by atoms with Crippen LogP contribution in [0.5, 0.6) is 0 Å². The van der Waals surface area contributed by atoms with Crippen molar-refractivity contribution in [2.75, 3.05) is 0 Å². The highest BCUT2D eigenvalue weighted by molar-refractivity contribution is 5.63. The first-order valence-corrected chi connectivity index (χ1v) is 7.16. The minimum atomic E-state index is -0.922. The molecule has 0 aromatic carbocycles. The van der Waals surface area contributed by atoms with Gasteiger partial charge >= 0.3 is 0 Å². The smallest absolute Gasteiger partial charge is 0.243 e. The standard InChI is InChI=1S/C9H18O2.C6H11N2/c1-8(2)6-4-3-5-7-9(10)11;1-3-8-5-4-7(2)6-8/h8H,3-7H2,1-2H3,(H,10,11);4-6H,3H2,1-2H3/q;+1/p-1. The number of carboxylic acids is 1. The van der Waals surface area contributed by atoms with E-state index in [-0.39, 0.29) is 6.42 Å². The summed E-state index contributed by atoms with van der Waals surface area (Å²) >= 11 is 0. The minimum Gasteiger partial charge on any atom is -0.550 e. The van der Waals surface area contributed by atoms with Crippen LogP contribution in [0.25, 0.3) is 0 Å². The van der Waals surface area contributed by atoms with Crippen molar-refractivity contribution in [1.29, 1.82) is 0 Å². The summed E-state index contributed by atoms with van der Waals surface area (Å²) in [4.78, 5) is 9.99. The third kappa shape index (κ3) is 11.5. The minimum absolute atomic E-state index is 0.220. The maximum atomic E-state index is 9.99. The molecule has 4 heteroatoms. The van der Waals surface area contributed by atoms with Crippen LogP contribution in [-0.2, 0) is 18.4 Å². The van der Waals surface area contributed by atoms with E-state index in [0.29, 0.717) is 0 Å². The second-order valence-electron chi connectivity index (χ2n) is 5.27. The van der Waals surface area contributed by atoms with E-state index >= 15 is 0 Å². The monoisotopic (exact) mass is 268 g/mol. The van der Waals surface area contributed by atoms with Crippen molar-refractivity contribution in [3.05, 3.63) is 18.7 Å². The van der Waals surface area contributed by atoms with Gasteiger partial charge in [0.1, 0.15) is 12.4 Å². The lowest BCUT2D eigenvalue weighted by Crippen LogP contribution is -2.23. The van der Waals surface area contributed by atoms with Gasteiger partial charge in [0.15, 0.2) is 0 Å². The quantitative estimate of drug-likeness (QED) is 0.558. The number of carbonyl (C=O) groups is 1. The maximum Gasteiger partial charge on any atom is 0.243 e. The van der Waals surface area contributed by atoms with Crippen LogP contribution < -0.4 is 9.67 Å². The molecule has 0 fully saturated rings. The van der Waals surface area contributed by atoms with Gasteiger partial charge in [-0.2, -0.15) is 0 Å². The van der Waals surface area contributed by atoms with Gasteiger partial charge in [0.05, 0.1) is 13.6 Å². The number of hydrogen-bond acceptors (Lipinski definition) is 2. The van der Waals surface area contributed by atoms with Crippen molar-refractivity contribution in [1.82, 2.24) is 4.57 Å². The number of rotatable bonds is 7. The van der Waals surface area contributed by atoms with E-state index in [2.05, 4.69) is 37.9 Å². The highest BCUT2D eigenvalue weighted by atomic mass is 16.4. The van der Waals surface area contributed by atoms with E-state index in [9.17, 15) is 9.90 Å². The van der Waals surface area contributed by atoms with Crippen LogP contribution >= 0.6 is 0 Å². The van der Waals surface area contributed by atoms with Gasteiger partial charge in [0, 0.05) is 5.97 Å². The number of aliphatic carboxylic acids is 1. The zero-order valence-electron chi connectivity index (χ0n) is 12.8. The molecule has 0 aliphatic carbocycles. The van der Waals surface area contributed by atoms with E-state index in [1.54, 1.807) is 0 Å². The molecule has 0 bridgehead atoms. The third-order valence-corrected chi connectivity index (χ3v) is 2.85. The van der Waals surface area contributed by atoms with Gasteiger partial charge in [-0.05, 0) is 25.7 Å². The first-order chi connectivity index (χ1) is 8.95. The highest BCUT2D eigenvalue weighted by Crippen LogP contribution is 2.08. The molecule has 1 aromatic rings. The average Bonchev–Trinajstić information content (AvgIpc) is 2.75. The normalized spacial score (nSPS) is 10.2. The predicted octanol–water partition coefficient (Wildman–Crippen LogP) is 1.68. The molecule has 1 rings (SSSR count). The number of unbranched alkanes of at least 4 members (excludes halogenated alkanes) is 2. The van der Waals surface area contributed by atoms with Crippen LogP contribution in [0.3, 0.4) is 0 Å². The fourth-order valence-corrected chi connectivity index (χ4v) is 1.69. The Morgan fingerprint density at radius 2 is 2.00 bits per heavy atom. The van der Waals surface area contributed by atoms with E-state index in [0.717, 1.165) is 31.7 Å². The Hall–Kier alpha value is -1.32. The lowest BCUT2D eigenvalue weighted by molar-refractivity contribution is -0.671. The van der Waals surface area contributed by atoms with Gasteiger partial charge in [0.25, 0.3) is 0 Å². The van der Waals surface area contributed by atoms with Crippen LogP contribution in [0.4, 0.5) is 0 Å². The number of aromatic nitrogens is 2. The lowest BCUT2D eigenvalue weighted by atomic mass is 10.0. The molecule has 0 aliphatic rings. The first-order valence-electron chi connectivity index (χ1n) is 7.16. The number of imidazole rings is 1. The van der Waals surface area contributed by atoms with Crippen molar-refractivity contribution in [2.45, 2.75) is 59.4 Å². The summed E-state index contributed by atoms with van der Waals surface area (Å²) < 4.78 is 4.16. The molecule has 1 aromatic heterocycles. The number of aryl methyl sites for hydroxylation is 2. The van der Waals surface area contributed by atoms with Crippen molar-refractivity contribution < 1.29 is 14.5 Å². The summed E-state index contributed by atoms with van der Waals surface area (Å²) in [6, 6.07) is 0. The average molecular weight is 268 g/mol. The Bertz CT molecular complexity index is 346. The second kappa shape index (κ2) is 10.6. The lowest BCUT2D eigenvalue weighted by Gasteiger charge is -2.04. The fraction of sp³-hybridized carbons (Fsp3) is 0.733. The zero-order valence-corrected chi connectivity index (χ0v) is 12.8. The summed E-state index contributed by atoms with van der Waals surface area (Å²) in [5, 5.41) is 9.99. The Morgan fingerprint density at radius 3 is 2.37 bits per heavy atom. The predicted molar refractivity (Wildman–Crippen MR) is 74.2 cm³/mol. The summed E-state index contributed by atoms with van der Waals surface area (Å²) in [6.45, 7) is 7.54. The SMILES string of the molecule is CC(C)CCCCCC(=O)[O-].CCn1cc[n+](C)c1. The Morgan fingerprint density at radius 1 is 1.32 bits per heavy atom. The summed E-state index contributed by atoms with van der Waals surface area (Å²) in [6.07, 6.45) is 10.5. The van der Waals surface area contributed by atoms with E-state index in [4.69, 9.17) is 0 Å². The van der Waals surface area contributed by atoms with Gasteiger partial charge < -0.3 is 9.90 Å². The highest BCUT2D eigenvalue weighted by Gasteiger charge is 1.94. The fourth-order valence-electron chi connectivity index (χ4n) is 1.69. The van der Waals surface area contributed by atoms with Crippen LogP contribution in [0.15, 0.2) is 18.7 Å². The second-order valence-corrected chi connectivity index (χ2v) is 5.27. The van der Waals surface area contributed by atoms with Gasteiger partial charge in [-0.1, -0.05) is 33.1 Å². The van der Waals surface area contributed by atoms with Gasteiger partial charge in [-0.15, -0.1) is 0 Å². The Kier molecular flexibility index (Phi) is 9.85. The van der Waals surface area contributed by atoms with Crippen molar-refractivity contribution in [2.24, 2.45) is 13.0 Å². The van der Waals surface area contributed by atoms with Gasteiger partial charge in [-0.25, -0.2) is 9.13 Å². The topological polar surface area (TPSA) is 48.9 Å². The molecule has 0 amide bonds. The molecule has 0 N–H and O–H groups in total. The van der Waals surface area contributed by atoms with Gasteiger partial charge in [-0.3, -0.25) is 0 Å². The third-order valence-electron chi connectivity index (χ3n) is 2.85. The molecule has 0 unspecified atom stereocenters. The molecular weight excluding hydrogens is 240 g/mol. The van der Waals surface area contributed by atoms with Crippen LogP contribution in [0.1, 0.15) is 52.9 Å². The molecule has 0 aliphatic heterocycles. The Labute approximate surface area is 117 Å². The summed E-state index contributed by atoms with van der Waals surface area (Å²) in [5.74, 6) is -0.187. The number of carboxylic acid groups (broad SMARTS) is 1. The largest absolute Gasteiger partial charge is 0.550 e. The first kappa shape index (κ1) is 17.7. The number of nitrogens with zero attached hydrogens (tertiary/aromatic N) is 2. The molecule has 0 spiro atoms. The molecule has 1 heterocycles. The van der Waals surface area contributed by atoms with Crippen LogP contribution in [0.2, 0.25) is 0 Å². The molecular formula is C15H28N2O2. The summed E-state index contributed by atoms with van der Waals surface area (Å²) in [5.41, 5.74) is 0. The van der Waals surface area contributed by atoms with Crippen molar-refractivity contribution in [3.63, 3.8) is 0 Å². The van der Waals surface area contributed by atoms with E-state index < -0.39 is 5.97 Å². The molecule has 110 valence electrons. The van der Waals surface area contributed by atoms with E-state index in [1.807, 2.05) is 17.8 Å². The molecule has 0 saturated heterocycles. The van der Waals surface area contributed by atoms with Crippen molar-refractivity contribution >= 4 is 5.97 Å².